The van der Waals surface area contributed by atoms with Gasteiger partial charge in [0.15, 0.2) is 0 Å². The van der Waals surface area contributed by atoms with Crippen LogP contribution in [0.5, 0.6) is 0 Å². The zero-order valence-corrected chi connectivity index (χ0v) is 13.0. The maximum atomic E-state index is 4.71. The molecule has 1 aliphatic heterocycles. The van der Waals surface area contributed by atoms with E-state index in [1.165, 1.54) is 5.52 Å². The molecule has 1 unspecified atom stereocenters. The minimum absolute atomic E-state index is 0.424. The smallest absolute Gasteiger partial charge is 0.147 e. The number of nitrogens with zero attached hydrogens (tertiary/aromatic N) is 5. The zero-order valence-electron chi connectivity index (χ0n) is 13.0. The Hall–Kier alpha value is -2.21. The predicted molar refractivity (Wildman–Crippen MR) is 84.4 cm³/mol. The molecule has 0 bridgehead atoms. The SMILES string of the molecule is Cc1nc2n(n1)CC(NCc1nc3ccccc3n1C)CC2. The molecular formula is C16H20N6. The highest BCUT2D eigenvalue weighted by Gasteiger charge is 2.21. The first-order chi connectivity index (χ1) is 10.7. The first-order valence-corrected chi connectivity index (χ1v) is 7.75. The molecule has 1 aromatic carbocycles. The standard InChI is InChI=1S/C16H20N6/c1-11-18-15-8-7-12(10-22(15)20-11)17-9-16-19-13-5-3-4-6-14(13)21(16)2/h3-6,12,17H,7-10H2,1-2H3. The van der Waals surface area contributed by atoms with Crippen molar-refractivity contribution >= 4 is 11.0 Å². The maximum Gasteiger partial charge on any atom is 0.147 e. The molecule has 4 rings (SSSR count). The molecule has 22 heavy (non-hydrogen) atoms. The minimum Gasteiger partial charge on any atom is -0.330 e. The molecule has 0 saturated carbocycles. The van der Waals surface area contributed by atoms with Crippen LogP contribution in [0.4, 0.5) is 0 Å². The number of benzene rings is 1. The van der Waals surface area contributed by atoms with Crippen LogP contribution in [0.25, 0.3) is 11.0 Å². The van der Waals surface area contributed by atoms with Crippen LogP contribution in [-0.4, -0.2) is 30.4 Å². The van der Waals surface area contributed by atoms with Crippen molar-refractivity contribution in [1.82, 2.24) is 29.6 Å². The fourth-order valence-electron chi connectivity index (χ4n) is 3.19. The van der Waals surface area contributed by atoms with Gasteiger partial charge in [0, 0.05) is 19.5 Å². The van der Waals surface area contributed by atoms with Crippen LogP contribution in [-0.2, 0) is 26.6 Å². The summed E-state index contributed by atoms with van der Waals surface area (Å²) in [5, 5.41) is 8.07. The molecule has 3 aromatic rings. The number of hydrogen-bond donors (Lipinski definition) is 1. The second-order valence-electron chi connectivity index (χ2n) is 5.95. The summed E-state index contributed by atoms with van der Waals surface area (Å²) in [6.45, 7) is 3.62. The van der Waals surface area contributed by atoms with Crippen LogP contribution in [0.2, 0.25) is 0 Å². The van der Waals surface area contributed by atoms with Crippen molar-refractivity contribution in [3.63, 3.8) is 0 Å². The molecule has 2 aromatic heterocycles. The number of hydrogen-bond acceptors (Lipinski definition) is 4. The van der Waals surface area contributed by atoms with Crippen molar-refractivity contribution in [2.75, 3.05) is 0 Å². The topological polar surface area (TPSA) is 60.6 Å². The summed E-state index contributed by atoms with van der Waals surface area (Å²) in [6.07, 6.45) is 2.09. The van der Waals surface area contributed by atoms with Gasteiger partial charge in [0.05, 0.1) is 24.1 Å². The van der Waals surface area contributed by atoms with Crippen molar-refractivity contribution in [3.8, 4) is 0 Å². The molecule has 0 radical (unpaired) electrons. The molecule has 0 aliphatic carbocycles. The van der Waals surface area contributed by atoms with Crippen molar-refractivity contribution in [2.45, 2.75) is 38.9 Å². The van der Waals surface area contributed by atoms with E-state index in [4.69, 9.17) is 4.98 Å². The van der Waals surface area contributed by atoms with Gasteiger partial charge in [0.1, 0.15) is 17.5 Å². The average Bonchev–Trinajstić information content (AvgIpc) is 3.04. The molecule has 1 atom stereocenters. The Kier molecular flexibility index (Phi) is 3.18. The Balaban J connectivity index is 1.47. The maximum absolute atomic E-state index is 4.71. The van der Waals surface area contributed by atoms with Crippen LogP contribution in [0.1, 0.15) is 23.9 Å². The van der Waals surface area contributed by atoms with E-state index < -0.39 is 0 Å². The summed E-state index contributed by atoms with van der Waals surface area (Å²) >= 11 is 0. The monoisotopic (exact) mass is 296 g/mol. The third kappa shape index (κ3) is 2.29. The number of rotatable bonds is 3. The lowest BCUT2D eigenvalue weighted by atomic mass is 10.1. The van der Waals surface area contributed by atoms with E-state index in [0.29, 0.717) is 6.04 Å². The van der Waals surface area contributed by atoms with Crippen molar-refractivity contribution in [2.24, 2.45) is 7.05 Å². The van der Waals surface area contributed by atoms with Gasteiger partial charge in [-0.2, -0.15) is 5.10 Å². The number of nitrogens with one attached hydrogen (secondary N) is 1. The molecule has 6 heteroatoms. The Morgan fingerprint density at radius 1 is 1.27 bits per heavy atom. The normalized spacial score (nSPS) is 17.8. The fraction of sp³-hybridized carbons (Fsp3) is 0.438. The van der Waals surface area contributed by atoms with Crippen LogP contribution in [0, 0.1) is 6.92 Å². The second kappa shape index (κ2) is 5.21. The molecule has 1 aliphatic rings. The average molecular weight is 296 g/mol. The zero-order chi connectivity index (χ0) is 15.1. The fourth-order valence-corrected chi connectivity index (χ4v) is 3.19. The minimum atomic E-state index is 0.424. The van der Waals surface area contributed by atoms with Crippen LogP contribution >= 0.6 is 0 Å². The highest BCUT2D eigenvalue weighted by Crippen LogP contribution is 2.16. The van der Waals surface area contributed by atoms with E-state index in [2.05, 4.69) is 45.2 Å². The van der Waals surface area contributed by atoms with Crippen molar-refractivity contribution < 1.29 is 0 Å². The summed E-state index contributed by atoms with van der Waals surface area (Å²) in [7, 11) is 2.08. The van der Waals surface area contributed by atoms with Gasteiger partial charge in [-0.25, -0.2) is 14.6 Å². The molecule has 3 heterocycles. The van der Waals surface area contributed by atoms with E-state index in [0.717, 1.165) is 48.9 Å². The number of aryl methyl sites for hydroxylation is 3. The van der Waals surface area contributed by atoms with Gasteiger partial charge in [-0.3, -0.25) is 0 Å². The van der Waals surface area contributed by atoms with Crippen LogP contribution in [0.3, 0.4) is 0 Å². The first kappa shape index (κ1) is 13.5. The Labute approximate surface area is 129 Å². The van der Waals surface area contributed by atoms with Gasteiger partial charge >= 0.3 is 0 Å². The molecule has 6 nitrogen and oxygen atoms in total. The van der Waals surface area contributed by atoms with Gasteiger partial charge in [-0.1, -0.05) is 12.1 Å². The van der Waals surface area contributed by atoms with E-state index >= 15 is 0 Å². The molecule has 0 fully saturated rings. The van der Waals surface area contributed by atoms with Gasteiger partial charge < -0.3 is 9.88 Å². The Morgan fingerprint density at radius 3 is 3.00 bits per heavy atom. The number of para-hydroxylation sites is 2. The quantitative estimate of drug-likeness (QED) is 0.797. The number of fused-ring (bicyclic) bond motifs is 2. The van der Waals surface area contributed by atoms with E-state index in [-0.39, 0.29) is 0 Å². The summed E-state index contributed by atoms with van der Waals surface area (Å²) < 4.78 is 4.20. The Bertz CT molecular complexity index is 815. The van der Waals surface area contributed by atoms with E-state index in [9.17, 15) is 0 Å². The molecule has 114 valence electrons. The Morgan fingerprint density at radius 2 is 2.14 bits per heavy atom. The van der Waals surface area contributed by atoms with Crippen LogP contribution in [0.15, 0.2) is 24.3 Å². The molecule has 0 amide bonds. The summed E-state index contributed by atoms with van der Waals surface area (Å²) in [5.74, 6) is 3.05. The molecule has 1 N–H and O–H groups in total. The highest BCUT2D eigenvalue weighted by atomic mass is 15.4. The predicted octanol–water partition coefficient (Wildman–Crippen LogP) is 1.58. The molecule has 0 spiro atoms. The van der Waals surface area contributed by atoms with Gasteiger partial charge in [0.2, 0.25) is 0 Å². The molecular weight excluding hydrogens is 276 g/mol. The number of aromatic nitrogens is 5. The summed E-state index contributed by atoms with van der Waals surface area (Å²) in [5.41, 5.74) is 2.23. The third-order valence-corrected chi connectivity index (χ3v) is 4.39. The van der Waals surface area contributed by atoms with E-state index in [1.807, 2.05) is 17.7 Å². The lowest BCUT2D eigenvalue weighted by Crippen LogP contribution is -2.37. The summed E-state index contributed by atoms with van der Waals surface area (Å²) in [4.78, 5) is 9.17. The number of imidazole rings is 1. The van der Waals surface area contributed by atoms with Crippen LogP contribution < -0.4 is 5.32 Å². The lowest BCUT2D eigenvalue weighted by Gasteiger charge is -2.23. The van der Waals surface area contributed by atoms with E-state index in [1.54, 1.807) is 0 Å². The van der Waals surface area contributed by atoms with Crippen molar-refractivity contribution in [3.05, 3.63) is 41.7 Å². The molecule has 0 saturated heterocycles. The largest absolute Gasteiger partial charge is 0.330 e. The lowest BCUT2D eigenvalue weighted by molar-refractivity contribution is 0.354. The first-order valence-electron chi connectivity index (χ1n) is 7.75. The van der Waals surface area contributed by atoms with Gasteiger partial charge in [0.25, 0.3) is 0 Å². The van der Waals surface area contributed by atoms with Gasteiger partial charge in [-0.15, -0.1) is 0 Å². The third-order valence-electron chi connectivity index (χ3n) is 4.39. The van der Waals surface area contributed by atoms with Crippen molar-refractivity contribution in [1.29, 1.82) is 0 Å². The van der Waals surface area contributed by atoms with Gasteiger partial charge in [-0.05, 0) is 25.5 Å². The second-order valence-corrected chi connectivity index (χ2v) is 5.95. The highest BCUT2D eigenvalue weighted by molar-refractivity contribution is 5.75. The summed E-state index contributed by atoms with van der Waals surface area (Å²) in [6, 6.07) is 8.67.